The lowest BCUT2D eigenvalue weighted by Gasteiger charge is -2.22. The summed E-state index contributed by atoms with van der Waals surface area (Å²) in [5.41, 5.74) is 1.66. The molecule has 1 fully saturated rings. The van der Waals surface area contributed by atoms with Crippen molar-refractivity contribution in [2.45, 2.75) is 57.8 Å². The zero-order chi connectivity index (χ0) is 23.1. The van der Waals surface area contributed by atoms with Crippen LogP contribution in [0.4, 0.5) is 13.2 Å². The average molecular weight is 443 g/mol. The fourth-order valence-corrected chi connectivity index (χ4v) is 3.84. The Kier molecular flexibility index (Phi) is 5.56. The van der Waals surface area contributed by atoms with Gasteiger partial charge in [-0.25, -0.2) is 0 Å². The van der Waals surface area contributed by atoms with Crippen LogP contribution in [-0.2, 0) is 22.9 Å². The summed E-state index contributed by atoms with van der Waals surface area (Å²) in [4.78, 5) is 18.5. The summed E-state index contributed by atoms with van der Waals surface area (Å²) in [5.74, 6) is 0.554. The molecule has 1 atom stereocenters. The number of carbonyl (C=O) groups excluding carboxylic acids is 1. The summed E-state index contributed by atoms with van der Waals surface area (Å²) in [5, 5.41) is 4.06. The number of likely N-dealkylation sites (tertiary alicyclic amines) is 1. The van der Waals surface area contributed by atoms with E-state index in [1.807, 2.05) is 24.3 Å². The average Bonchev–Trinajstić information content (AvgIpc) is 3.35. The van der Waals surface area contributed by atoms with E-state index in [0.717, 1.165) is 17.7 Å². The van der Waals surface area contributed by atoms with Gasteiger partial charge in [0.05, 0.1) is 5.56 Å². The smallest absolute Gasteiger partial charge is 0.337 e. The molecule has 0 saturated carbocycles. The molecule has 8 heteroatoms. The summed E-state index contributed by atoms with van der Waals surface area (Å²) in [6, 6.07) is 12.4. The molecule has 0 bridgehead atoms. The summed E-state index contributed by atoms with van der Waals surface area (Å²) >= 11 is 0. The van der Waals surface area contributed by atoms with E-state index < -0.39 is 17.8 Å². The summed E-state index contributed by atoms with van der Waals surface area (Å²) in [6.45, 7) is 6.44. The molecule has 0 aliphatic carbocycles. The third-order valence-electron chi connectivity index (χ3n) is 5.67. The van der Waals surface area contributed by atoms with Crippen molar-refractivity contribution in [1.29, 1.82) is 0 Å². The number of alkyl halides is 3. The van der Waals surface area contributed by atoms with E-state index >= 15 is 0 Å². The minimum atomic E-state index is -4.44. The van der Waals surface area contributed by atoms with Crippen LogP contribution in [0.3, 0.4) is 0 Å². The molecule has 1 unspecified atom stereocenters. The Bertz CT molecular complexity index is 1110. The Morgan fingerprint density at radius 1 is 1.06 bits per heavy atom. The molecule has 32 heavy (non-hydrogen) atoms. The van der Waals surface area contributed by atoms with E-state index in [2.05, 4.69) is 30.9 Å². The zero-order valence-electron chi connectivity index (χ0n) is 18.1. The van der Waals surface area contributed by atoms with E-state index in [1.165, 1.54) is 16.5 Å². The van der Waals surface area contributed by atoms with Gasteiger partial charge in [0.2, 0.25) is 17.6 Å². The first-order chi connectivity index (χ1) is 15.0. The van der Waals surface area contributed by atoms with Crippen molar-refractivity contribution >= 4 is 5.91 Å². The summed E-state index contributed by atoms with van der Waals surface area (Å²) in [6.07, 6.45) is -3.68. The number of nitrogens with zero attached hydrogens (tertiary/aromatic N) is 3. The molecule has 0 spiro atoms. The molecule has 0 N–H and O–H groups in total. The molecule has 1 amide bonds. The standard InChI is InChI=1S/C24H24F3N3O2/c1-23(2,3)17-9-7-16(8-10-17)21-28-22(32-29-21)19-11-12-20(31)30(19)14-15-5-4-6-18(13-15)24(25,26)27/h4-10,13,19H,11-12,14H2,1-3H3. The molecule has 0 radical (unpaired) electrons. The lowest BCUT2D eigenvalue weighted by atomic mass is 9.87. The van der Waals surface area contributed by atoms with Crippen LogP contribution in [0.15, 0.2) is 53.1 Å². The van der Waals surface area contributed by atoms with Gasteiger partial charge in [0.15, 0.2) is 0 Å². The second-order valence-corrected chi connectivity index (χ2v) is 9.06. The molecule has 1 aromatic heterocycles. The highest BCUT2D eigenvalue weighted by Crippen LogP contribution is 2.35. The van der Waals surface area contributed by atoms with Gasteiger partial charge in [0, 0.05) is 18.5 Å². The van der Waals surface area contributed by atoms with Crippen LogP contribution in [0.25, 0.3) is 11.4 Å². The first-order valence-electron chi connectivity index (χ1n) is 10.4. The van der Waals surface area contributed by atoms with Gasteiger partial charge in [-0.2, -0.15) is 18.2 Å². The molecular formula is C24H24F3N3O2. The number of benzene rings is 2. The maximum absolute atomic E-state index is 13.0. The Morgan fingerprint density at radius 2 is 1.78 bits per heavy atom. The molecule has 1 aliphatic heterocycles. The van der Waals surface area contributed by atoms with Crippen LogP contribution in [0, 0.1) is 0 Å². The van der Waals surface area contributed by atoms with Gasteiger partial charge in [0.25, 0.3) is 0 Å². The van der Waals surface area contributed by atoms with Crippen molar-refractivity contribution in [1.82, 2.24) is 15.0 Å². The fourth-order valence-electron chi connectivity index (χ4n) is 3.84. The highest BCUT2D eigenvalue weighted by Gasteiger charge is 2.37. The van der Waals surface area contributed by atoms with Gasteiger partial charge < -0.3 is 9.42 Å². The van der Waals surface area contributed by atoms with Crippen LogP contribution in [0.2, 0.25) is 0 Å². The largest absolute Gasteiger partial charge is 0.416 e. The number of rotatable bonds is 4. The van der Waals surface area contributed by atoms with Gasteiger partial charge >= 0.3 is 6.18 Å². The molecular weight excluding hydrogens is 419 g/mol. The number of aromatic nitrogens is 2. The van der Waals surface area contributed by atoms with Crippen molar-refractivity contribution in [2.75, 3.05) is 0 Å². The lowest BCUT2D eigenvalue weighted by Crippen LogP contribution is -2.27. The predicted molar refractivity (Wildman–Crippen MR) is 112 cm³/mol. The number of amides is 1. The fraction of sp³-hybridized carbons (Fsp3) is 0.375. The first kappa shape index (κ1) is 22.0. The van der Waals surface area contributed by atoms with E-state index in [9.17, 15) is 18.0 Å². The van der Waals surface area contributed by atoms with Crippen LogP contribution >= 0.6 is 0 Å². The Morgan fingerprint density at radius 3 is 2.44 bits per heavy atom. The Labute approximate surface area is 184 Å². The number of hydrogen-bond acceptors (Lipinski definition) is 4. The predicted octanol–water partition coefficient (Wildman–Crippen LogP) is 5.92. The van der Waals surface area contributed by atoms with E-state index in [-0.39, 0.29) is 30.2 Å². The number of hydrogen-bond donors (Lipinski definition) is 0. The number of carbonyl (C=O) groups is 1. The highest BCUT2D eigenvalue weighted by molar-refractivity contribution is 5.78. The van der Waals surface area contributed by atoms with Gasteiger partial charge in [-0.3, -0.25) is 4.79 Å². The van der Waals surface area contributed by atoms with Crippen molar-refractivity contribution in [3.63, 3.8) is 0 Å². The molecule has 3 aromatic rings. The first-order valence-corrected chi connectivity index (χ1v) is 10.4. The SMILES string of the molecule is CC(C)(C)c1ccc(-c2noc(C3CCC(=O)N3Cc3cccc(C(F)(F)F)c3)n2)cc1. The normalized spacial score (nSPS) is 17.2. The van der Waals surface area contributed by atoms with Gasteiger partial charge in [-0.15, -0.1) is 0 Å². The van der Waals surface area contributed by atoms with Crippen molar-refractivity contribution in [3.05, 3.63) is 71.1 Å². The topological polar surface area (TPSA) is 59.2 Å². The van der Waals surface area contributed by atoms with Gasteiger partial charge in [0.1, 0.15) is 6.04 Å². The van der Waals surface area contributed by atoms with E-state index in [0.29, 0.717) is 17.8 Å². The number of halogens is 3. The monoisotopic (exact) mass is 443 g/mol. The zero-order valence-corrected chi connectivity index (χ0v) is 18.1. The third kappa shape index (κ3) is 4.54. The van der Waals surface area contributed by atoms with Crippen LogP contribution in [0.5, 0.6) is 0 Å². The Balaban J connectivity index is 1.55. The molecule has 1 aliphatic rings. The Hall–Kier alpha value is -3.16. The summed E-state index contributed by atoms with van der Waals surface area (Å²) < 4.78 is 44.6. The lowest BCUT2D eigenvalue weighted by molar-refractivity contribution is -0.137. The molecule has 2 heterocycles. The molecule has 2 aromatic carbocycles. The third-order valence-corrected chi connectivity index (χ3v) is 5.67. The molecule has 168 valence electrons. The van der Waals surface area contributed by atoms with Crippen LogP contribution in [-0.4, -0.2) is 20.9 Å². The van der Waals surface area contributed by atoms with Crippen molar-refractivity contribution in [3.8, 4) is 11.4 Å². The molecule has 5 nitrogen and oxygen atoms in total. The van der Waals surface area contributed by atoms with E-state index in [4.69, 9.17) is 4.52 Å². The molecule has 1 saturated heterocycles. The van der Waals surface area contributed by atoms with Crippen LogP contribution in [0.1, 0.15) is 62.2 Å². The van der Waals surface area contributed by atoms with Gasteiger partial charge in [-0.05, 0) is 35.1 Å². The minimum Gasteiger partial charge on any atom is -0.337 e. The second kappa shape index (κ2) is 8.07. The quantitative estimate of drug-likeness (QED) is 0.503. The van der Waals surface area contributed by atoms with Crippen molar-refractivity contribution < 1.29 is 22.5 Å². The van der Waals surface area contributed by atoms with Crippen LogP contribution < -0.4 is 0 Å². The minimum absolute atomic E-state index is 0.0229. The summed E-state index contributed by atoms with van der Waals surface area (Å²) in [7, 11) is 0. The maximum Gasteiger partial charge on any atom is 0.416 e. The van der Waals surface area contributed by atoms with Gasteiger partial charge in [-0.1, -0.05) is 62.3 Å². The second-order valence-electron chi connectivity index (χ2n) is 9.06. The van der Waals surface area contributed by atoms with Crippen molar-refractivity contribution in [2.24, 2.45) is 0 Å². The highest BCUT2D eigenvalue weighted by atomic mass is 19.4. The molecule has 4 rings (SSSR count). The maximum atomic E-state index is 13.0. The van der Waals surface area contributed by atoms with E-state index in [1.54, 1.807) is 6.07 Å².